The number of hydrogen-bond acceptors (Lipinski definition) is 4. The molecule has 1 rings (SSSR count). The van der Waals surface area contributed by atoms with E-state index in [0.29, 0.717) is 19.6 Å². The van der Waals surface area contributed by atoms with Gasteiger partial charge in [0.2, 0.25) is 7.28 Å². The predicted molar refractivity (Wildman–Crippen MR) is 40.8 cm³/mol. The van der Waals surface area contributed by atoms with Gasteiger partial charge in [-0.15, -0.1) is 5.11 Å². The average molecular weight is 137 g/mol. The Labute approximate surface area is 59.1 Å². The molecule has 0 saturated carbocycles. The van der Waals surface area contributed by atoms with Crippen molar-refractivity contribution in [3.05, 3.63) is 11.7 Å². The lowest BCUT2D eigenvalue weighted by Gasteiger charge is -1.89. The maximum atomic E-state index is 5.35. The zero-order chi connectivity index (χ0) is 7.40. The lowest BCUT2D eigenvalue weighted by molar-refractivity contribution is 1.09. The van der Waals surface area contributed by atoms with Crippen LogP contribution in [0.4, 0.5) is 0 Å². The fourth-order valence-electron chi connectivity index (χ4n) is 0.713. The van der Waals surface area contributed by atoms with Crippen LogP contribution in [0.2, 0.25) is 0 Å². The van der Waals surface area contributed by atoms with Crippen molar-refractivity contribution >= 4 is 13.0 Å². The van der Waals surface area contributed by atoms with Gasteiger partial charge in [0.25, 0.3) is 0 Å². The fraction of sp³-hybridized carbons (Fsp3) is 0.250. The number of amidine groups is 1. The van der Waals surface area contributed by atoms with E-state index in [1.807, 2.05) is 0 Å². The van der Waals surface area contributed by atoms with Gasteiger partial charge < -0.3 is 11.6 Å². The van der Waals surface area contributed by atoms with Gasteiger partial charge in [0.15, 0.2) is 0 Å². The summed E-state index contributed by atoms with van der Waals surface area (Å²) in [4.78, 5) is 3.91. The minimum Gasteiger partial charge on any atom is -0.327 e. The van der Waals surface area contributed by atoms with Gasteiger partial charge in [0, 0.05) is 12.7 Å². The molecule has 0 aromatic carbocycles. The molecule has 0 aromatic heterocycles. The van der Waals surface area contributed by atoms with E-state index in [2.05, 4.69) is 15.3 Å². The molecule has 10 heavy (non-hydrogen) atoms. The van der Waals surface area contributed by atoms with Crippen molar-refractivity contribution in [2.45, 2.75) is 0 Å². The molecule has 0 fully saturated rings. The van der Waals surface area contributed by atoms with Crippen molar-refractivity contribution in [3.63, 3.8) is 0 Å². The first-order valence-electron chi connectivity index (χ1n) is 2.92. The molecule has 0 unspecified atom stereocenters. The molecule has 4 N–H and O–H groups in total. The summed E-state index contributed by atoms with van der Waals surface area (Å²) in [7, 11) is 0.678. The molecule has 0 aliphatic carbocycles. The molecule has 1 aliphatic heterocycles. The topological polar surface area (TPSA) is 89.1 Å². The predicted octanol–water partition coefficient (Wildman–Crippen LogP) is -1.08. The molecule has 0 amide bonds. The molecule has 0 atom stereocenters. The lowest BCUT2D eigenvalue weighted by Crippen LogP contribution is -2.12. The SMILES string of the molecule is NCC1=CN=C(N=NN)B1. The highest BCUT2D eigenvalue weighted by molar-refractivity contribution is 6.81. The summed E-state index contributed by atoms with van der Waals surface area (Å²) in [6.07, 6.45) is 1.70. The molecule has 1 aliphatic rings. The maximum Gasteiger partial charge on any atom is 0.241 e. The minimum absolute atomic E-state index is 0.521. The second kappa shape index (κ2) is 3.12. The first-order valence-corrected chi connectivity index (χ1v) is 2.92. The van der Waals surface area contributed by atoms with Crippen molar-refractivity contribution in [1.82, 2.24) is 0 Å². The third-order valence-electron chi connectivity index (χ3n) is 1.22. The molecule has 5 nitrogen and oxygen atoms in total. The first-order chi connectivity index (χ1) is 4.86. The molecule has 0 spiro atoms. The average Bonchev–Trinajstić information content (AvgIpc) is 2.37. The molecular formula is C4H8BN5. The first kappa shape index (κ1) is 6.95. The van der Waals surface area contributed by atoms with E-state index in [0.717, 1.165) is 5.47 Å². The van der Waals surface area contributed by atoms with Gasteiger partial charge in [0.05, 0.1) is 0 Å². The van der Waals surface area contributed by atoms with Crippen molar-refractivity contribution in [1.29, 1.82) is 0 Å². The lowest BCUT2D eigenvalue weighted by atomic mass is 9.70. The molecule has 0 aromatic rings. The van der Waals surface area contributed by atoms with Gasteiger partial charge in [-0.05, 0) is 0 Å². The standard InChI is InChI=1S/C4H8BN5/c6-1-3-2-8-4(5-3)9-10-7/h2,5H,1,6H2,(H2,7,8,9). The summed E-state index contributed by atoms with van der Waals surface area (Å²) < 4.78 is 0. The zero-order valence-corrected chi connectivity index (χ0v) is 5.49. The smallest absolute Gasteiger partial charge is 0.241 e. The van der Waals surface area contributed by atoms with Crippen LogP contribution in [0, 0.1) is 0 Å². The van der Waals surface area contributed by atoms with Gasteiger partial charge >= 0.3 is 0 Å². The van der Waals surface area contributed by atoms with Gasteiger partial charge in [-0.2, -0.15) is 0 Å². The summed E-state index contributed by atoms with van der Waals surface area (Å²) >= 11 is 0. The zero-order valence-electron chi connectivity index (χ0n) is 5.49. The van der Waals surface area contributed by atoms with E-state index in [4.69, 9.17) is 11.6 Å². The second-order valence-corrected chi connectivity index (χ2v) is 1.93. The van der Waals surface area contributed by atoms with Crippen molar-refractivity contribution in [3.8, 4) is 0 Å². The molecular weight excluding hydrogens is 129 g/mol. The van der Waals surface area contributed by atoms with Crippen LogP contribution in [0.5, 0.6) is 0 Å². The Bertz CT molecular complexity index is 206. The van der Waals surface area contributed by atoms with Crippen molar-refractivity contribution in [2.75, 3.05) is 6.54 Å². The Balaban J connectivity index is 2.48. The normalized spacial score (nSPS) is 16.9. The third-order valence-corrected chi connectivity index (χ3v) is 1.22. The van der Waals surface area contributed by atoms with Crippen LogP contribution < -0.4 is 11.6 Å². The monoisotopic (exact) mass is 137 g/mol. The Morgan fingerprint density at radius 1 is 1.70 bits per heavy atom. The van der Waals surface area contributed by atoms with E-state index in [-0.39, 0.29) is 0 Å². The van der Waals surface area contributed by atoms with Crippen LogP contribution in [-0.2, 0) is 0 Å². The van der Waals surface area contributed by atoms with Gasteiger partial charge in [-0.1, -0.05) is 10.7 Å². The molecule has 0 bridgehead atoms. The van der Waals surface area contributed by atoms with Crippen LogP contribution >= 0.6 is 0 Å². The summed E-state index contributed by atoms with van der Waals surface area (Å²) in [6, 6.07) is 0. The van der Waals surface area contributed by atoms with Gasteiger partial charge in [-0.25, -0.2) is 0 Å². The number of aliphatic imine (C=N–C) groups is 1. The summed E-state index contributed by atoms with van der Waals surface area (Å²) in [5.41, 5.74) is 7.03. The molecule has 52 valence electrons. The van der Waals surface area contributed by atoms with E-state index in [1.165, 1.54) is 0 Å². The summed E-state index contributed by atoms with van der Waals surface area (Å²) in [5, 5.41) is 6.67. The maximum absolute atomic E-state index is 5.35. The molecule has 6 heteroatoms. The van der Waals surface area contributed by atoms with E-state index in [1.54, 1.807) is 6.20 Å². The van der Waals surface area contributed by atoms with E-state index < -0.39 is 0 Å². The second-order valence-electron chi connectivity index (χ2n) is 1.93. The molecule has 0 radical (unpaired) electrons. The number of nitrogens with zero attached hydrogens (tertiary/aromatic N) is 3. The molecule has 0 saturated heterocycles. The number of nitrogens with two attached hydrogens (primary N) is 2. The molecule has 1 heterocycles. The van der Waals surface area contributed by atoms with Gasteiger partial charge in [-0.3, -0.25) is 4.99 Å². The highest BCUT2D eigenvalue weighted by atomic mass is 15.3. The van der Waals surface area contributed by atoms with Gasteiger partial charge in [0.1, 0.15) is 5.73 Å². The fourth-order valence-corrected chi connectivity index (χ4v) is 0.713. The van der Waals surface area contributed by atoms with Crippen LogP contribution in [0.1, 0.15) is 0 Å². The van der Waals surface area contributed by atoms with Crippen LogP contribution in [0.25, 0.3) is 0 Å². The Kier molecular flexibility index (Phi) is 2.17. The van der Waals surface area contributed by atoms with Crippen molar-refractivity contribution in [2.24, 2.45) is 26.9 Å². The Morgan fingerprint density at radius 3 is 3.00 bits per heavy atom. The largest absolute Gasteiger partial charge is 0.327 e. The number of hydrogen-bond donors (Lipinski definition) is 2. The number of rotatable bonds is 1. The van der Waals surface area contributed by atoms with E-state index >= 15 is 0 Å². The summed E-state index contributed by atoms with van der Waals surface area (Å²) in [6.45, 7) is 0.521. The minimum atomic E-state index is 0.521. The Morgan fingerprint density at radius 2 is 2.50 bits per heavy atom. The van der Waals surface area contributed by atoms with Crippen molar-refractivity contribution < 1.29 is 0 Å². The van der Waals surface area contributed by atoms with Crippen LogP contribution in [0.15, 0.2) is 27.0 Å². The van der Waals surface area contributed by atoms with E-state index in [9.17, 15) is 0 Å². The summed E-state index contributed by atoms with van der Waals surface area (Å²) in [5.74, 6) is 4.82. The Hall–Kier alpha value is -1.17. The quantitative estimate of drug-likeness (QED) is 0.208. The van der Waals surface area contributed by atoms with Crippen LogP contribution in [0.3, 0.4) is 0 Å². The highest BCUT2D eigenvalue weighted by Gasteiger charge is 2.09. The highest BCUT2D eigenvalue weighted by Crippen LogP contribution is 2.01. The van der Waals surface area contributed by atoms with Crippen LogP contribution in [-0.4, -0.2) is 19.6 Å². The third kappa shape index (κ3) is 1.41.